The summed E-state index contributed by atoms with van der Waals surface area (Å²) in [6, 6.07) is 11.5. The highest BCUT2D eigenvalue weighted by Gasteiger charge is 2.09. The van der Waals surface area contributed by atoms with Gasteiger partial charge in [0.05, 0.1) is 24.6 Å². The Morgan fingerprint density at radius 1 is 1.05 bits per heavy atom. The number of benzene rings is 2. The first kappa shape index (κ1) is 16.0. The molecule has 3 nitrogen and oxygen atoms in total. The zero-order valence-corrected chi connectivity index (χ0v) is 14.2. The minimum atomic E-state index is 0.403. The molecule has 0 fully saturated rings. The van der Waals surface area contributed by atoms with Gasteiger partial charge in [-0.15, -0.1) is 11.6 Å². The van der Waals surface area contributed by atoms with E-state index in [0.717, 1.165) is 21.3 Å². The fraction of sp³-hybridized carbons (Fsp3) is 0.250. The summed E-state index contributed by atoms with van der Waals surface area (Å²) in [5, 5.41) is 0. The standard InChI is InChI=1S/C16H16BrClO3/c1-19-14-7-6-11(8-15(14)20-2)10-21-16-12(9-18)4-3-5-13(16)17/h3-8H,9-10H2,1-2H3. The van der Waals surface area contributed by atoms with Gasteiger partial charge in [-0.3, -0.25) is 0 Å². The van der Waals surface area contributed by atoms with Crippen molar-refractivity contribution in [2.45, 2.75) is 12.5 Å². The van der Waals surface area contributed by atoms with E-state index in [4.69, 9.17) is 25.8 Å². The molecule has 0 saturated heterocycles. The van der Waals surface area contributed by atoms with Crippen LogP contribution in [0.5, 0.6) is 17.2 Å². The maximum absolute atomic E-state index is 5.94. The van der Waals surface area contributed by atoms with Gasteiger partial charge in [-0.1, -0.05) is 18.2 Å². The molecule has 2 aromatic rings. The van der Waals surface area contributed by atoms with E-state index in [9.17, 15) is 0 Å². The summed E-state index contributed by atoms with van der Waals surface area (Å²) in [6.45, 7) is 0.423. The van der Waals surface area contributed by atoms with Crippen LogP contribution in [0.4, 0.5) is 0 Å². The van der Waals surface area contributed by atoms with Gasteiger partial charge in [0.1, 0.15) is 12.4 Å². The molecule has 0 aliphatic carbocycles. The number of hydrogen-bond acceptors (Lipinski definition) is 3. The molecule has 2 aromatic carbocycles. The monoisotopic (exact) mass is 370 g/mol. The molecule has 0 aliphatic rings. The molecule has 21 heavy (non-hydrogen) atoms. The summed E-state index contributed by atoms with van der Waals surface area (Å²) in [4.78, 5) is 0. The van der Waals surface area contributed by atoms with E-state index in [-0.39, 0.29) is 0 Å². The molecule has 0 aromatic heterocycles. The maximum Gasteiger partial charge on any atom is 0.161 e. The van der Waals surface area contributed by atoms with Crippen molar-refractivity contribution in [2.24, 2.45) is 0 Å². The highest BCUT2D eigenvalue weighted by atomic mass is 79.9. The summed E-state index contributed by atoms with van der Waals surface area (Å²) in [5.74, 6) is 2.55. The van der Waals surface area contributed by atoms with Gasteiger partial charge in [0.15, 0.2) is 11.5 Å². The van der Waals surface area contributed by atoms with Crippen molar-refractivity contribution in [2.75, 3.05) is 14.2 Å². The van der Waals surface area contributed by atoms with Gasteiger partial charge >= 0.3 is 0 Å². The van der Waals surface area contributed by atoms with Crippen LogP contribution < -0.4 is 14.2 Å². The van der Waals surface area contributed by atoms with Gasteiger partial charge in [-0.2, -0.15) is 0 Å². The molecule has 0 aliphatic heterocycles. The van der Waals surface area contributed by atoms with Gasteiger partial charge < -0.3 is 14.2 Å². The Morgan fingerprint density at radius 2 is 1.81 bits per heavy atom. The maximum atomic E-state index is 5.94. The number of alkyl halides is 1. The lowest BCUT2D eigenvalue weighted by Gasteiger charge is -2.13. The van der Waals surface area contributed by atoms with Crippen LogP contribution in [0, 0.1) is 0 Å². The van der Waals surface area contributed by atoms with Gasteiger partial charge in [0, 0.05) is 5.56 Å². The van der Waals surface area contributed by atoms with Gasteiger partial charge in [0.2, 0.25) is 0 Å². The quantitative estimate of drug-likeness (QED) is 0.684. The molecule has 0 unspecified atom stereocenters. The Labute approximate surface area is 137 Å². The number of hydrogen-bond donors (Lipinski definition) is 0. The van der Waals surface area contributed by atoms with Gasteiger partial charge in [0.25, 0.3) is 0 Å². The summed E-state index contributed by atoms with van der Waals surface area (Å²) < 4.78 is 17.3. The van der Waals surface area contributed by atoms with E-state index in [0.29, 0.717) is 24.0 Å². The Morgan fingerprint density at radius 3 is 2.48 bits per heavy atom. The molecule has 0 bridgehead atoms. The second kappa shape index (κ2) is 7.57. The predicted molar refractivity (Wildman–Crippen MR) is 87.6 cm³/mol. The lowest BCUT2D eigenvalue weighted by molar-refractivity contribution is 0.299. The fourth-order valence-corrected chi connectivity index (χ4v) is 2.68. The second-order valence-electron chi connectivity index (χ2n) is 4.34. The Hall–Kier alpha value is -1.39. The van der Waals surface area contributed by atoms with Crippen LogP contribution in [0.15, 0.2) is 40.9 Å². The van der Waals surface area contributed by atoms with Crippen molar-refractivity contribution in [3.63, 3.8) is 0 Å². The number of ether oxygens (including phenoxy) is 3. The molecule has 0 spiro atoms. The smallest absolute Gasteiger partial charge is 0.161 e. The second-order valence-corrected chi connectivity index (χ2v) is 5.46. The third-order valence-corrected chi connectivity index (χ3v) is 3.94. The van der Waals surface area contributed by atoms with Crippen LogP contribution in [-0.4, -0.2) is 14.2 Å². The van der Waals surface area contributed by atoms with E-state index in [1.807, 2.05) is 36.4 Å². The van der Waals surface area contributed by atoms with Gasteiger partial charge in [-0.25, -0.2) is 0 Å². The molecular formula is C16H16BrClO3. The van der Waals surface area contributed by atoms with E-state index < -0.39 is 0 Å². The molecule has 112 valence electrons. The molecule has 0 saturated carbocycles. The van der Waals surface area contributed by atoms with Crippen LogP contribution in [-0.2, 0) is 12.5 Å². The van der Waals surface area contributed by atoms with E-state index in [1.165, 1.54) is 0 Å². The predicted octanol–water partition coefficient (Wildman–Crippen LogP) is 4.78. The third kappa shape index (κ3) is 3.83. The summed E-state index contributed by atoms with van der Waals surface area (Å²) in [7, 11) is 3.23. The number of para-hydroxylation sites is 1. The SMILES string of the molecule is COc1ccc(COc2c(Br)cccc2CCl)cc1OC. The molecule has 0 heterocycles. The van der Waals surface area contributed by atoms with Crippen molar-refractivity contribution >= 4 is 27.5 Å². The summed E-state index contributed by atoms with van der Waals surface area (Å²) in [6.07, 6.45) is 0. The number of rotatable bonds is 6. The largest absolute Gasteiger partial charge is 0.493 e. The molecular weight excluding hydrogens is 356 g/mol. The normalized spacial score (nSPS) is 10.3. The molecule has 2 rings (SSSR count). The van der Waals surface area contributed by atoms with Crippen molar-refractivity contribution in [3.05, 3.63) is 52.0 Å². The zero-order chi connectivity index (χ0) is 15.2. The van der Waals surface area contributed by atoms with Crippen LogP contribution in [0.3, 0.4) is 0 Å². The minimum Gasteiger partial charge on any atom is -0.493 e. The Balaban J connectivity index is 2.17. The van der Waals surface area contributed by atoms with Crippen molar-refractivity contribution < 1.29 is 14.2 Å². The lowest BCUT2D eigenvalue weighted by Crippen LogP contribution is -2.00. The Kier molecular flexibility index (Phi) is 5.76. The van der Waals surface area contributed by atoms with Crippen molar-refractivity contribution in [3.8, 4) is 17.2 Å². The molecule has 0 atom stereocenters. The van der Waals surface area contributed by atoms with Crippen LogP contribution in [0.2, 0.25) is 0 Å². The van der Waals surface area contributed by atoms with Crippen LogP contribution >= 0.6 is 27.5 Å². The molecule has 0 radical (unpaired) electrons. The summed E-state index contributed by atoms with van der Waals surface area (Å²) >= 11 is 9.42. The topological polar surface area (TPSA) is 27.7 Å². The molecule has 0 N–H and O–H groups in total. The molecule has 5 heteroatoms. The number of methoxy groups -OCH3 is 2. The lowest BCUT2D eigenvalue weighted by atomic mass is 10.2. The first-order valence-corrected chi connectivity index (χ1v) is 7.69. The summed E-state index contributed by atoms with van der Waals surface area (Å²) in [5.41, 5.74) is 1.94. The van der Waals surface area contributed by atoms with Gasteiger partial charge in [-0.05, 0) is 39.7 Å². The first-order valence-electron chi connectivity index (χ1n) is 6.36. The third-order valence-electron chi connectivity index (χ3n) is 3.02. The minimum absolute atomic E-state index is 0.403. The van der Waals surface area contributed by atoms with Crippen molar-refractivity contribution in [1.82, 2.24) is 0 Å². The van der Waals surface area contributed by atoms with Crippen molar-refractivity contribution in [1.29, 1.82) is 0 Å². The molecule has 0 amide bonds. The highest BCUT2D eigenvalue weighted by molar-refractivity contribution is 9.10. The van der Waals surface area contributed by atoms with Crippen LogP contribution in [0.1, 0.15) is 11.1 Å². The highest BCUT2D eigenvalue weighted by Crippen LogP contribution is 2.32. The zero-order valence-electron chi connectivity index (χ0n) is 11.9. The van der Waals surface area contributed by atoms with E-state index >= 15 is 0 Å². The number of halogens is 2. The average Bonchev–Trinajstić information content (AvgIpc) is 2.53. The van der Waals surface area contributed by atoms with E-state index in [1.54, 1.807) is 14.2 Å². The first-order chi connectivity index (χ1) is 10.2. The Bertz CT molecular complexity index is 616. The fourth-order valence-electron chi connectivity index (χ4n) is 1.95. The average molecular weight is 372 g/mol. The van der Waals surface area contributed by atoms with Crippen LogP contribution in [0.25, 0.3) is 0 Å². The van der Waals surface area contributed by atoms with E-state index in [2.05, 4.69) is 15.9 Å².